The number of hydrogen-bond acceptors (Lipinski definition) is 3. The third-order valence-corrected chi connectivity index (χ3v) is 4.40. The third-order valence-electron chi connectivity index (χ3n) is 2.76. The molecule has 6 heteroatoms. The molecule has 4 nitrogen and oxygen atoms in total. The average molecular weight is 379 g/mol. The molecule has 0 heterocycles. The first kappa shape index (κ1) is 16.6. The second kappa shape index (κ2) is 8.00. The van der Waals surface area contributed by atoms with Crippen molar-refractivity contribution in [2.24, 2.45) is 0 Å². The van der Waals surface area contributed by atoms with Crippen molar-refractivity contribution >= 4 is 45.3 Å². The van der Waals surface area contributed by atoms with Gasteiger partial charge in [-0.05, 0) is 43.3 Å². The van der Waals surface area contributed by atoms with Crippen LogP contribution in [-0.4, -0.2) is 17.2 Å². The Balaban J connectivity index is 1.85. The highest BCUT2D eigenvalue weighted by atomic mass is 79.9. The Labute approximate surface area is 141 Å². The molecule has 22 heavy (non-hydrogen) atoms. The van der Waals surface area contributed by atoms with Gasteiger partial charge in [0, 0.05) is 15.1 Å². The van der Waals surface area contributed by atoms with Gasteiger partial charge < -0.3 is 5.32 Å². The van der Waals surface area contributed by atoms with E-state index < -0.39 is 6.03 Å². The highest BCUT2D eigenvalue weighted by Gasteiger charge is 2.17. The maximum absolute atomic E-state index is 12.0. The van der Waals surface area contributed by atoms with Crippen LogP contribution in [0.2, 0.25) is 0 Å². The summed E-state index contributed by atoms with van der Waals surface area (Å²) >= 11 is 4.76. The number of amides is 3. The van der Waals surface area contributed by atoms with Gasteiger partial charge in [-0.1, -0.05) is 34.1 Å². The van der Waals surface area contributed by atoms with Gasteiger partial charge in [-0.2, -0.15) is 0 Å². The average Bonchev–Trinajstić information content (AvgIpc) is 2.50. The molecule has 0 fully saturated rings. The predicted molar refractivity (Wildman–Crippen MR) is 93.1 cm³/mol. The van der Waals surface area contributed by atoms with E-state index in [1.165, 1.54) is 11.8 Å². The van der Waals surface area contributed by atoms with Crippen LogP contribution in [-0.2, 0) is 4.79 Å². The molecule has 0 saturated heterocycles. The molecule has 2 aromatic carbocycles. The highest BCUT2D eigenvalue weighted by molar-refractivity contribution is 9.10. The van der Waals surface area contributed by atoms with Crippen molar-refractivity contribution in [3.63, 3.8) is 0 Å². The zero-order chi connectivity index (χ0) is 15.9. The molecule has 2 aromatic rings. The van der Waals surface area contributed by atoms with Gasteiger partial charge >= 0.3 is 6.03 Å². The van der Waals surface area contributed by atoms with Crippen LogP contribution in [0.15, 0.2) is 64.0 Å². The number of imide groups is 1. The SMILES string of the molecule is CC(Sc1ccc(Br)cc1)C(=O)NC(=O)Nc1ccccc1. The van der Waals surface area contributed by atoms with Crippen molar-refractivity contribution in [1.29, 1.82) is 0 Å². The minimum Gasteiger partial charge on any atom is -0.308 e. The van der Waals surface area contributed by atoms with Gasteiger partial charge in [-0.25, -0.2) is 4.79 Å². The van der Waals surface area contributed by atoms with E-state index in [-0.39, 0.29) is 11.2 Å². The molecule has 2 rings (SSSR count). The molecule has 0 aromatic heterocycles. The topological polar surface area (TPSA) is 58.2 Å². The molecule has 0 radical (unpaired) electrons. The van der Waals surface area contributed by atoms with Gasteiger partial charge in [0.25, 0.3) is 0 Å². The minimum absolute atomic E-state index is 0.332. The predicted octanol–water partition coefficient (Wildman–Crippen LogP) is 4.28. The van der Waals surface area contributed by atoms with Crippen molar-refractivity contribution < 1.29 is 9.59 Å². The summed E-state index contributed by atoms with van der Waals surface area (Å²) < 4.78 is 0.983. The second-order valence-corrected chi connectivity index (χ2v) is 6.85. The molecular weight excluding hydrogens is 364 g/mol. The van der Waals surface area contributed by atoms with Gasteiger partial charge in [0.2, 0.25) is 5.91 Å². The molecule has 1 unspecified atom stereocenters. The molecule has 3 amide bonds. The molecule has 1 atom stereocenters. The molecule has 0 aliphatic rings. The van der Waals surface area contributed by atoms with Crippen molar-refractivity contribution in [2.45, 2.75) is 17.1 Å². The molecule has 0 bridgehead atoms. The van der Waals surface area contributed by atoms with E-state index in [0.29, 0.717) is 5.69 Å². The van der Waals surface area contributed by atoms with Crippen molar-refractivity contribution in [2.75, 3.05) is 5.32 Å². The lowest BCUT2D eigenvalue weighted by Gasteiger charge is -2.12. The van der Waals surface area contributed by atoms with Crippen LogP contribution in [0.5, 0.6) is 0 Å². The molecule has 0 saturated carbocycles. The first-order valence-electron chi connectivity index (χ1n) is 6.64. The lowest BCUT2D eigenvalue weighted by molar-refractivity contribution is -0.119. The van der Waals surface area contributed by atoms with E-state index in [1.54, 1.807) is 19.1 Å². The van der Waals surface area contributed by atoms with Gasteiger partial charge in [-0.15, -0.1) is 11.8 Å². The Morgan fingerprint density at radius 1 is 1.05 bits per heavy atom. The Hall–Kier alpha value is -1.79. The summed E-state index contributed by atoms with van der Waals surface area (Å²) in [4.78, 5) is 24.7. The molecular formula is C16H15BrN2O2S. The van der Waals surface area contributed by atoms with Crippen molar-refractivity contribution in [3.8, 4) is 0 Å². The zero-order valence-electron chi connectivity index (χ0n) is 11.9. The maximum atomic E-state index is 12.0. The largest absolute Gasteiger partial charge is 0.325 e. The first-order valence-corrected chi connectivity index (χ1v) is 8.31. The van der Waals surface area contributed by atoms with E-state index in [1.807, 2.05) is 42.5 Å². The minimum atomic E-state index is -0.528. The second-order valence-electron chi connectivity index (χ2n) is 4.52. The number of rotatable bonds is 4. The number of carbonyl (C=O) groups is 2. The van der Waals surface area contributed by atoms with E-state index in [4.69, 9.17) is 0 Å². The number of thioether (sulfide) groups is 1. The normalized spacial score (nSPS) is 11.5. The molecule has 0 spiro atoms. The first-order chi connectivity index (χ1) is 10.5. The fourth-order valence-corrected chi connectivity index (χ4v) is 2.80. The third kappa shape index (κ3) is 5.20. The van der Waals surface area contributed by atoms with Gasteiger partial charge in [0.05, 0.1) is 5.25 Å². The summed E-state index contributed by atoms with van der Waals surface area (Å²) in [5.74, 6) is -0.332. The van der Waals surface area contributed by atoms with Crippen LogP contribution in [0.25, 0.3) is 0 Å². The number of nitrogens with one attached hydrogen (secondary N) is 2. The van der Waals surface area contributed by atoms with Crippen LogP contribution >= 0.6 is 27.7 Å². The lowest BCUT2D eigenvalue weighted by atomic mass is 10.3. The fourth-order valence-electron chi connectivity index (χ4n) is 1.67. The zero-order valence-corrected chi connectivity index (χ0v) is 14.3. The molecule has 0 aliphatic carbocycles. The number of hydrogen-bond donors (Lipinski definition) is 2. The number of benzene rings is 2. The molecule has 0 aliphatic heterocycles. The summed E-state index contributed by atoms with van der Waals surface area (Å²) in [5.41, 5.74) is 0.640. The maximum Gasteiger partial charge on any atom is 0.325 e. The number of halogens is 1. The Kier molecular flexibility index (Phi) is 6.03. The molecule has 114 valence electrons. The van der Waals surface area contributed by atoms with Crippen LogP contribution in [0, 0.1) is 0 Å². The van der Waals surface area contributed by atoms with E-state index >= 15 is 0 Å². The summed E-state index contributed by atoms with van der Waals surface area (Å²) in [5, 5.41) is 4.58. The van der Waals surface area contributed by atoms with Crippen molar-refractivity contribution in [3.05, 3.63) is 59.1 Å². The Morgan fingerprint density at radius 2 is 1.68 bits per heavy atom. The van der Waals surface area contributed by atoms with Crippen LogP contribution in [0.3, 0.4) is 0 Å². The quantitative estimate of drug-likeness (QED) is 0.780. The highest BCUT2D eigenvalue weighted by Crippen LogP contribution is 2.24. The monoisotopic (exact) mass is 378 g/mol. The van der Waals surface area contributed by atoms with Gasteiger partial charge in [-0.3, -0.25) is 10.1 Å². The molecule has 2 N–H and O–H groups in total. The van der Waals surface area contributed by atoms with Crippen molar-refractivity contribution in [1.82, 2.24) is 5.32 Å². The summed E-state index contributed by atoms with van der Waals surface area (Å²) in [6, 6.07) is 16.1. The smallest absolute Gasteiger partial charge is 0.308 e. The summed E-state index contributed by atoms with van der Waals surface area (Å²) in [6.07, 6.45) is 0. The summed E-state index contributed by atoms with van der Waals surface area (Å²) in [6.45, 7) is 1.76. The van der Waals surface area contributed by atoms with Crippen LogP contribution in [0.1, 0.15) is 6.92 Å². The van der Waals surface area contributed by atoms with Gasteiger partial charge in [0.15, 0.2) is 0 Å². The van der Waals surface area contributed by atoms with Gasteiger partial charge in [0.1, 0.15) is 0 Å². The lowest BCUT2D eigenvalue weighted by Crippen LogP contribution is -2.38. The van der Waals surface area contributed by atoms with Crippen LogP contribution < -0.4 is 10.6 Å². The number of urea groups is 1. The van der Waals surface area contributed by atoms with E-state index in [0.717, 1.165) is 9.37 Å². The Morgan fingerprint density at radius 3 is 2.32 bits per heavy atom. The van der Waals surface area contributed by atoms with E-state index in [2.05, 4.69) is 26.6 Å². The fraction of sp³-hybridized carbons (Fsp3) is 0.125. The van der Waals surface area contributed by atoms with Crippen LogP contribution in [0.4, 0.5) is 10.5 Å². The summed E-state index contributed by atoms with van der Waals surface area (Å²) in [7, 11) is 0. The Bertz CT molecular complexity index is 647. The number of anilines is 1. The number of carbonyl (C=O) groups excluding carboxylic acids is 2. The van der Waals surface area contributed by atoms with E-state index in [9.17, 15) is 9.59 Å². The number of para-hydroxylation sites is 1. The standard InChI is InChI=1S/C16H15BrN2O2S/c1-11(22-14-9-7-12(17)8-10-14)15(20)19-16(21)18-13-5-3-2-4-6-13/h2-11H,1H3,(H2,18,19,20,21).